The first-order valence-corrected chi connectivity index (χ1v) is 13.6. The molecule has 1 aliphatic heterocycles. The molecule has 27 heavy (non-hydrogen) atoms. The van der Waals surface area contributed by atoms with Gasteiger partial charge in [-0.05, 0) is 73.2 Å². The largest absolute Gasteiger partial charge is 0.435 e. The van der Waals surface area contributed by atoms with Crippen molar-refractivity contribution in [1.82, 2.24) is 0 Å². The minimum atomic E-state index is -2.75. The number of halogens is 3. The normalized spacial score (nSPS) is 25.0. The monoisotopic (exact) mass is 413 g/mol. The van der Waals surface area contributed by atoms with Crippen LogP contribution in [0.4, 0.5) is 8.78 Å². The molecule has 151 valence electrons. The van der Waals surface area contributed by atoms with Crippen LogP contribution in [0.1, 0.15) is 63.4 Å². The summed E-state index contributed by atoms with van der Waals surface area (Å²) in [6.45, 7) is -2.75. The first kappa shape index (κ1) is 21.1. The fraction of sp³-hybridized carbons (Fsp3) is 0.727. The van der Waals surface area contributed by atoms with Gasteiger partial charge in [-0.1, -0.05) is 50.7 Å². The van der Waals surface area contributed by atoms with Crippen LogP contribution in [0.3, 0.4) is 0 Å². The van der Waals surface area contributed by atoms with Gasteiger partial charge in [0.1, 0.15) is 5.75 Å². The third-order valence-corrected chi connectivity index (χ3v) is 9.40. The number of unbranched alkanes of at least 4 members (excludes halogenated alkanes) is 1. The lowest BCUT2D eigenvalue weighted by Gasteiger charge is -2.36. The molecule has 0 amide bonds. The molecule has 1 aromatic rings. The zero-order valence-electron chi connectivity index (χ0n) is 16.1. The smallest absolute Gasteiger partial charge is 0.387 e. The molecule has 1 saturated heterocycles. The second kappa shape index (κ2) is 10.8. The van der Waals surface area contributed by atoms with Crippen molar-refractivity contribution in [3.05, 3.63) is 29.8 Å². The summed E-state index contributed by atoms with van der Waals surface area (Å²) >= 11 is 6.35. The Balaban J connectivity index is 1.28. The van der Waals surface area contributed by atoms with E-state index in [1.807, 2.05) is 12.1 Å². The molecule has 1 radical (unpaired) electrons. The number of hydrogen-bond acceptors (Lipinski definition) is 1. The average Bonchev–Trinajstić information content (AvgIpc) is 2.67. The maximum atomic E-state index is 12.2. The molecule has 3 rings (SSSR count). The molecule has 1 aliphatic carbocycles. The standard InChI is InChI=1S/C22H32ClF2OSi/c23-27-15-13-20(14-16-27)19-9-5-17(6-10-19)3-1-2-4-18-7-11-21(12-8-18)26-22(24)25/h7-8,11-12,17,19-20,22H,1-6,9-10,13-16H2. The predicted molar refractivity (Wildman–Crippen MR) is 110 cm³/mol. The maximum Gasteiger partial charge on any atom is 0.387 e. The van der Waals surface area contributed by atoms with Crippen LogP contribution >= 0.6 is 11.1 Å². The Bertz CT molecular complexity index is 538. The van der Waals surface area contributed by atoms with Gasteiger partial charge in [0, 0.05) is 0 Å². The van der Waals surface area contributed by atoms with Gasteiger partial charge in [0.25, 0.3) is 0 Å². The molecule has 0 unspecified atom stereocenters. The number of ether oxygens (including phenoxy) is 1. The van der Waals surface area contributed by atoms with E-state index in [1.54, 1.807) is 12.1 Å². The summed E-state index contributed by atoms with van der Waals surface area (Å²) in [4.78, 5) is 0. The van der Waals surface area contributed by atoms with E-state index < -0.39 is 14.7 Å². The third-order valence-electron chi connectivity index (χ3n) is 6.61. The van der Waals surface area contributed by atoms with Crippen molar-refractivity contribution >= 4 is 19.2 Å². The van der Waals surface area contributed by atoms with Crippen molar-refractivity contribution in [2.24, 2.45) is 17.8 Å². The SMILES string of the molecule is FC(F)Oc1ccc(CCCCC2CCC(C3CC[Si](Cl)CC3)CC2)cc1. The first-order chi connectivity index (χ1) is 13.1. The van der Waals surface area contributed by atoms with E-state index in [4.69, 9.17) is 11.1 Å². The maximum absolute atomic E-state index is 12.2. The summed E-state index contributed by atoms with van der Waals surface area (Å²) in [5.41, 5.74) is 1.21. The Hall–Kier alpha value is -0.613. The molecule has 0 atom stereocenters. The van der Waals surface area contributed by atoms with Crippen molar-refractivity contribution in [1.29, 1.82) is 0 Å². The van der Waals surface area contributed by atoms with Crippen molar-refractivity contribution in [3.8, 4) is 5.75 Å². The molecule has 1 nitrogen and oxygen atoms in total. The van der Waals surface area contributed by atoms with Crippen LogP contribution in [0.15, 0.2) is 24.3 Å². The zero-order valence-corrected chi connectivity index (χ0v) is 17.9. The number of rotatable bonds is 8. The molecule has 1 heterocycles. The average molecular weight is 414 g/mol. The lowest BCUT2D eigenvalue weighted by atomic mass is 9.73. The Morgan fingerprint density at radius 2 is 1.56 bits per heavy atom. The van der Waals surface area contributed by atoms with Gasteiger partial charge in [0.05, 0.1) is 0 Å². The summed E-state index contributed by atoms with van der Waals surface area (Å²) < 4.78 is 28.7. The Labute approximate surface area is 169 Å². The summed E-state index contributed by atoms with van der Waals surface area (Å²) in [6, 6.07) is 9.74. The summed E-state index contributed by atoms with van der Waals surface area (Å²) in [5.74, 6) is 3.10. The summed E-state index contributed by atoms with van der Waals surface area (Å²) in [5, 5.41) is 0. The van der Waals surface area contributed by atoms with Gasteiger partial charge in [0.15, 0.2) is 8.11 Å². The van der Waals surface area contributed by atoms with E-state index in [0.717, 1.165) is 24.2 Å². The van der Waals surface area contributed by atoms with E-state index >= 15 is 0 Å². The lowest BCUT2D eigenvalue weighted by molar-refractivity contribution is -0.0498. The topological polar surface area (TPSA) is 9.23 Å². The van der Waals surface area contributed by atoms with Crippen LogP contribution in [-0.2, 0) is 6.42 Å². The highest BCUT2D eigenvalue weighted by Gasteiger charge is 2.30. The Kier molecular flexibility index (Phi) is 8.44. The molecule has 1 saturated carbocycles. The van der Waals surface area contributed by atoms with Crippen LogP contribution in [0.5, 0.6) is 5.75 Å². The molecule has 0 bridgehead atoms. The third kappa shape index (κ3) is 7.05. The molecular formula is C22H32ClF2OSi. The van der Waals surface area contributed by atoms with Crippen molar-refractivity contribution in [2.75, 3.05) is 0 Å². The van der Waals surface area contributed by atoms with Crippen molar-refractivity contribution < 1.29 is 13.5 Å². The molecule has 5 heteroatoms. The number of hydrogen-bond donors (Lipinski definition) is 0. The second-order valence-electron chi connectivity index (χ2n) is 8.40. The van der Waals surface area contributed by atoms with Crippen molar-refractivity contribution in [3.63, 3.8) is 0 Å². The Morgan fingerprint density at radius 3 is 2.19 bits per heavy atom. The van der Waals surface area contributed by atoms with Gasteiger partial charge in [-0.25, -0.2) is 0 Å². The highest BCUT2D eigenvalue weighted by atomic mass is 35.6. The molecule has 1 aromatic carbocycles. The highest BCUT2D eigenvalue weighted by molar-refractivity contribution is 7.07. The predicted octanol–water partition coefficient (Wildman–Crippen LogP) is 7.45. The molecular weight excluding hydrogens is 382 g/mol. The van der Waals surface area contributed by atoms with Gasteiger partial charge in [-0.15, -0.1) is 0 Å². The minimum absolute atomic E-state index is 0.242. The van der Waals surface area contributed by atoms with Crippen LogP contribution < -0.4 is 4.74 Å². The van der Waals surface area contributed by atoms with Crippen molar-refractivity contribution in [2.45, 2.75) is 82.9 Å². The summed E-state index contributed by atoms with van der Waals surface area (Å²) in [6.07, 6.45) is 13.3. The van der Waals surface area contributed by atoms with E-state index in [0.29, 0.717) is 0 Å². The van der Waals surface area contributed by atoms with Gasteiger partial charge >= 0.3 is 6.61 Å². The van der Waals surface area contributed by atoms with Crippen LogP contribution in [-0.4, -0.2) is 14.7 Å². The minimum Gasteiger partial charge on any atom is -0.435 e. The summed E-state index contributed by atoms with van der Waals surface area (Å²) in [7, 11) is -0.487. The van der Waals surface area contributed by atoms with Gasteiger partial charge in [-0.3, -0.25) is 0 Å². The molecule has 0 aromatic heterocycles. The van der Waals surface area contributed by atoms with E-state index in [-0.39, 0.29) is 5.75 Å². The van der Waals surface area contributed by atoms with Crippen LogP contribution in [0.25, 0.3) is 0 Å². The van der Waals surface area contributed by atoms with Gasteiger partial charge < -0.3 is 4.74 Å². The highest BCUT2D eigenvalue weighted by Crippen LogP contribution is 2.41. The van der Waals surface area contributed by atoms with Crippen LogP contribution in [0.2, 0.25) is 12.1 Å². The first-order valence-electron chi connectivity index (χ1n) is 10.6. The van der Waals surface area contributed by atoms with E-state index in [1.165, 1.54) is 75.4 Å². The Morgan fingerprint density at radius 1 is 0.926 bits per heavy atom. The quantitative estimate of drug-likeness (QED) is 0.244. The van der Waals surface area contributed by atoms with Crippen LogP contribution in [0, 0.1) is 17.8 Å². The number of alkyl halides is 2. The fourth-order valence-electron chi connectivity index (χ4n) is 4.97. The molecule has 2 aliphatic rings. The molecule has 0 spiro atoms. The lowest BCUT2D eigenvalue weighted by Crippen LogP contribution is -2.26. The van der Waals surface area contributed by atoms with Gasteiger partial charge in [0.2, 0.25) is 0 Å². The number of aryl methyl sites for hydroxylation is 1. The van der Waals surface area contributed by atoms with E-state index in [9.17, 15) is 8.78 Å². The number of benzene rings is 1. The van der Waals surface area contributed by atoms with Gasteiger partial charge in [-0.2, -0.15) is 19.9 Å². The molecule has 2 fully saturated rings. The molecule has 0 N–H and O–H groups in total. The zero-order chi connectivity index (χ0) is 19.1. The van der Waals surface area contributed by atoms with E-state index in [2.05, 4.69) is 4.74 Å². The fourth-order valence-corrected chi connectivity index (χ4v) is 7.25. The second-order valence-corrected chi connectivity index (χ2v) is 12.0.